The maximum atomic E-state index is 12.9. The molecule has 1 unspecified atom stereocenters. The van der Waals surface area contributed by atoms with Crippen molar-refractivity contribution in [1.82, 2.24) is 0 Å². The van der Waals surface area contributed by atoms with Gasteiger partial charge in [0.25, 0.3) is 0 Å². The second-order valence-electron chi connectivity index (χ2n) is 20.0. The molecule has 0 spiro atoms. The summed E-state index contributed by atoms with van der Waals surface area (Å²) in [6, 6.07) is 0. The Balaban J connectivity index is 4.51. The van der Waals surface area contributed by atoms with Gasteiger partial charge in [-0.1, -0.05) is 259 Å². The largest absolute Gasteiger partial charge is 0.462 e. The molecule has 0 aliphatic carbocycles. The van der Waals surface area contributed by atoms with Crippen molar-refractivity contribution in [3.8, 4) is 0 Å². The second kappa shape index (κ2) is 59.9. The molecule has 6 heteroatoms. The molecule has 0 saturated heterocycles. The molecule has 0 heterocycles. The zero-order valence-electron chi connectivity index (χ0n) is 47.2. The first kappa shape index (κ1) is 68.3. The van der Waals surface area contributed by atoms with Gasteiger partial charge in [-0.25, -0.2) is 0 Å². The van der Waals surface area contributed by atoms with Crippen LogP contribution in [-0.4, -0.2) is 37.2 Å². The first-order valence-electron chi connectivity index (χ1n) is 30.3. The normalized spacial score (nSPS) is 12.8. The molecule has 0 N–H and O–H groups in total. The van der Waals surface area contributed by atoms with Crippen molar-refractivity contribution in [2.45, 2.75) is 290 Å². The Bertz CT molecular complexity index is 1430. The Kier molecular flexibility index (Phi) is 56.8. The van der Waals surface area contributed by atoms with Crippen LogP contribution in [0, 0.1) is 0 Å². The van der Waals surface area contributed by atoms with Gasteiger partial charge in [-0.2, -0.15) is 0 Å². The summed E-state index contributed by atoms with van der Waals surface area (Å²) in [6.45, 7) is 6.54. The SMILES string of the molecule is CCCCC\C=C/C=C\C=C/C=C\CCCCCCCC(=O)OC(COC(=O)CCC/C=C\C/C=C\C/C=C\CCCCCCCC)COC(=O)CCCCCCCCC/C=C\CCCCCCCCCC. The molecule has 0 bridgehead atoms. The number of hydrogen-bond donors (Lipinski definition) is 0. The van der Waals surface area contributed by atoms with E-state index >= 15 is 0 Å². The highest BCUT2D eigenvalue weighted by Crippen LogP contribution is 2.15. The fourth-order valence-electron chi connectivity index (χ4n) is 8.29. The van der Waals surface area contributed by atoms with Crippen molar-refractivity contribution < 1.29 is 28.6 Å². The number of rotatable bonds is 54. The van der Waals surface area contributed by atoms with Gasteiger partial charge in [0.2, 0.25) is 0 Å². The van der Waals surface area contributed by atoms with Gasteiger partial charge in [0, 0.05) is 19.3 Å². The molecule has 0 aromatic heterocycles. The van der Waals surface area contributed by atoms with E-state index in [0.29, 0.717) is 12.8 Å². The number of carbonyl (C=O) groups is 3. The summed E-state index contributed by atoms with van der Waals surface area (Å²) < 4.78 is 16.8. The van der Waals surface area contributed by atoms with E-state index in [2.05, 4.69) is 118 Å². The molecule has 0 fully saturated rings. The summed E-state index contributed by atoms with van der Waals surface area (Å²) in [5.41, 5.74) is 0. The first-order valence-corrected chi connectivity index (χ1v) is 30.3. The summed E-state index contributed by atoms with van der Waals surface area (Å²) in [5.74, 6) is -0.981. The molecule has 6 nitrogen and oxygen atoms in total. The fourth-order valence-corrected chi connectivity index (χ4v) is 8.29. The molecular weight excluding hydrogens is 889 g/mol. The Hall–Kier alpha value is -3.67. The van der Waals surface area contributed by atoms with Gasteiger partial charge in [0.15, 0.2) is 6.10 Å². The number of ether oxygens (including phenoxy) is 3. The van der Waals surface area contributed by atoms with E-state index in [4.69, 9.17) is 14.2 Å². The predicted molar refractivity (Wildman–Crippen MR) is 311 cm³/mol. The van der Waals surface area contributed by atoms with E-state index in [1.165, 1.54) is 154 Å². The van der Waals surface area contributed by atoms with Gasteiger partial charge in [-0.15, -0.1) is 0 Å². The Morgan fingerprint density at radius 1 is 0.292 bits per heavy atom. The lowest BCUT2D eigenvalue weighted by Gasteiger charge is -2.18. The first-order chi connectivity index (χ1) is 35.5. The molecule has 0 amide bonds. The van der Waals surface area contributed by atoms with Gasteiger partial charge in [-0.3, -0.25) is 14.4 Å². The predicted octanol–water partition coefficient (Wildman–Crippen LogP) is 20.5. The summed E-state index contributed by atoms with van der Waals surface area (Å²) in [6.07, 6.45) is 79.7. The maximum absolute atomic E-state index is 12.9. The molecule has 412 valence electrons. The van der Waals surface area contributed by atoms with Crippen LogP contribution in [0.2, 0.25) is 0 Å². The van der Waals surface area contributed by atoms with E-state index in [1.807, 2.05) is 0 Å². The van der Waals surface area contributed by atoms with Gasteiger partial charge in [-0.05, 0) is 103 Å². The lowest BCUT2D eigenvalue weighted by molar-refractivity contribution is -0.167. The van der Waals surface area contributed by atoms with Crippen molar-refractivity contribution in [3.63, 3.8) is 0 Å². The third-order valence-corrected chi connectivity index (χ3v) is 12.9. The Labute approximate surface area is 445 Å². The lowest BCUT2D eigenvalue weighted by atomic mass is 10.1. The van der Waals surface area contributed by atoms with Crippen LogP contribution in [0.25, 0.3) is 0 Å². The van der Waals surface area contributed by atoms with Crippen molar-refractivity contribution in [2.24, 2.45) is 0 Å². The molecule has 0 rings (SSSR count). The molecule has 1 atom stereocenters. The summed E-state index contributed by atoms with van der Waals surface area (Å²) in [4.78, 5) is 38.2. The Morgan fingerprint density at radius 2 is 0.569 bits per heavy atom. The smallest absolute Gasteiger partial charge is 0.306 e. The van der Waals surface area contributed by atoms with E-state index in [9.17, 15) is 14.4 Å². The minimum atomic E-state index is -0.814. The zero-order chi connectivity index (χ0) is 52.2. The third kappa shape index (κ3) is 57.2. The number of hydrogen-bond acceptors (Lipinski definition) is 6. The minimum absolute atomic E-state index is 0.105. The number of allylic oxidation sites excluding steroid dienone is 16. The van der Waals surface area contributed by atoms with Crippen LogP contribution in [0.15, 0.2) is 97.2 Å². The highest BCUT2D eigenvalue weighted by molar-refractivity contribution is 5.71. The zero-order valence-corrected chi connectivity index (χ0v) is 47.2. The van der Waals surface area contributed by atoms with Crippen LogP contribution in [0.5, 0.6) is 0 Å². The molecule has 0 aliphatic heterocycles. The molecule has 0 saturated carbocycles. The van der Waals surface area contributed by atoms with Gasteiger partial charge >= 0.3 is 17.9 Å². The Morgan fingerprint density at radius 3 is 1.00 bits per heavy atom. The van der Waals surface area contributed by atoms with E-state index in [1.54, 1.807) is 0 Å². The van der Waals surface area contributed by atoms with Crippen molar-refractivity contribution in [1.29, 1.82) is 0 Å². The van der Waals surface area contributed by atoms with Gasteiger partial charge < -0.3 is 14.2 Å². The van der Waals surface area contributed by atoms with E-state index < -0.39 is 6.10 Å². The fraction of sp³-hybridized carbons (Fsp3) is 0.712. The van der Waals surface area contributed by atoms with Crippen LogP contribution < -0.4 is 0 Å². The highest BCUT2D eigenvalue weighted by Gasteiger charge is 2.19. The van der Waals surface area contributed by atoms with Crippen LogP contribution in [0.3, 0.4) is 0 Å². The summed E-state index contributed by atoms with van der Waals surface area (Å²) in [5, 5.41) is 0. The number of unbranched alkanes of at least 4 members (excludes halogenated alkanes) is 30. The average Bonchev–Trinajstić information content (AvgIpc) is 3.38. The standard InChI is InChI=1S/C66H112O6/c1-4-7-10-13-16-19-22-25-28-31-33-36-38-41-44-47-50-53-56-59-65(68)71-62-63(61-70-64(67)58-55-52-49-46-43-40-37-34-30-27-24-21-18-15-12-9-6-3)72-66(69)60-57-54-51-48-45-42-39-35-32-29-26-23-20-17-14-11-8-5-2/h17,20,23,26-27,29-33,35,37,39-40,46,49,63H,4-16,18-19,21-22,24-25,28,34,36,38,41-45,47-48,50-62H2,1-3H3/b20-17-,26-23-,30-27-,32-29-,33-31-,39-35-,40-37-,49-46-. The monoisotopic (exact) mass is 1000 g/mol. The number of carbonyl (C=O) groups excluding carboxylic acids is 3. The van der Waals surface area contributed by atoms with Crippen LogP contribution >= 0.6 is 0 Å². The third-order valence-electron chi connectivity index (χ3n) is 12.9. The lowest BCUT2D eigenvalue weighted by Crippen LogP contribution is -2.30. The van der Waals surface area contributed by atoms with Crippen LogP contribution in [0.1, 0.15) is 284 Å². The molecular formula is C66H112O6. The van der Waals surface area contributed by atoms with Crippen molar-refractivity contribution >= 4 is 17.9 Å². The molecule has 0 aromatic carbocycles. The topological polar surface area (TPSA) is 78.9 Å². The maximum Gasteiger partial charge on any atom is 0.306 e. The molecule has 72 heavy (non-hydrogen) atoms. The van der Waals surface area contributed by atoms with E-state index in [0.717, 1.165) is 83.5 Å². The average molecular weight is 1000 g/mol. The molecule has 0 aliphatic rings. The van der Waals surface area contributed by atoms with Crippen molar-refractivity contribution in [2.75, 3.05) is 13.2 Å². The molecule has 0 aromatic rings. The number of esters is 3. The van der Waals surface area contributed by atoms with Crippen LogP contribution in [-0.2, 0) is 28.6 Å². The molecule has 0 radical (unpaired) electrons. The minimum Gasteiger partial charge on any atom is -0.462 e. The summed E-state index contributed by atoms with van der Waals surface area (Å²) >= 11 is 0. The van der Waals surface area contributed by atoms with E-state index in [-0.39, 0.29) is 44.0 Å². The second-order valence-corrected chi connectivity index (χ2v) is 20.0. The van der Waals surface area contributed by atoms with Gasteiger partial charge in [0.1, 0.15) is 13.2 Å². The van der Waals surface area contributed by atoms with Crippen molar-refractivity contribution in [3.05, 3.63) is 97.2 Å². The quantitative estimate of drug-likeness (QED) is 0.0199. The summed E-state index contributed by atoms with van der Waals surface area (Å²) in [7, 11) is 0. The van der Waals surface area contributed by atoms with Gasteiger partial charge in [0.05, 0.1) is 0 Å². The highest BCUT2D eigenvalue weighted by atomic mass is 16.6. The van der Waals surface area contributed by atoms with Crippen LogP contribution in [0.4, 0.5) is 0 Å².